The molecule has 0 bridgehead atoms. The molecule has 0 aliphatic heterocycles. The van der Waals surface area contributed by atoms with Crippen LogP contribution in [0.1, 0.15) is 25.8 Å². The maximum Gasteiger partial charge on any atom is 0.232 e. The fourth-order valence-electron chi connectivity index (χ4n) is 1.65. The van der Waals surface area contributed by atoms with E-state index < -0.39 is 5.41 Å². The predicted molar refractivity (Wildman–Crippen MR) is 78.3 cm³/mol. The summed E-state index contributed by atoms with van der Waals surface area (Å²) < 4.78 is 13.0. The van der Waals surface area contributed by atoms with Gasteiger partial charge in [-0.1, -0.05) is 31.3 Å². The van der Waals surface area contributed by atoms with Crippen LogP contribution in [-0.2, 0) is 11.2 Å². The molecule has 3 N–H and O–H groups in total. The van der Waals surface area contributed by atoms with Gasteiger partial charge in [0, 0.05) is 6.54 Å². The van der Waals surface area contributed by atoms with E-state index in [1.807, 2.05) is 13.0 Å². The van der Waals surface area contributed by atoms with Gasteiger partial charge >= 0.3 is 0 Å². The van der Waals surface area contributed by atoms with Gasteiger partial charge in [-0.2, -0.15) is 0 Å². The first-order chi connectivity index (χ1) is 8.90. The largest absolute Gasteiger partial charge is 0.392 e. The topological polar surface area (TPSA) is 55.1 Å². The number of thiocarbonyl (C=S) groups is 1. The van der Waals surface area contributed by atoms with Crippen LogP contribution in [0.5, 0.6) is 0 Å². The summed E-state index contributed by atoms with van der Waals surface area (Å²) in [6.45, 7) is 4.03. The van der Waals surface area contributed by atoms with Crippen molar-refractivity contribution in [3.05, 3.63) is 35.6 Å². The Labute approximate surface area is 118 Å². The van der Waals surface area contributed by atoms with Crippen LogP contribution >= 0.6 is 12.2 Å². The van der Waals surface area contributed by atoms with Gasteiger partial charge in [-0.05, 0) is 37.5 Å². The van der Waals surface area contributed by atoms with Crippen molar-refractivity contribution in [2.75, 3.05) is 6.54 Å². The first kappa shape index (κ1) is 15.6. The van der Waals surface area contributed by atoms with Crippen LogP contribution < -0.4 is 11.1 Å². The van der Waals surface area contributed by atoms with E-state index in [0.717, 1.165) is 5.56 Å². The third kappa shape index (κ3) is 3.99. The molecule has 3 nitrogen and oxygen atoms in total. The highest BCUT2D eigenvalue weighted by Crippen LogP contribution is 2.21. The van der Waals surface area contributed by atoms with Gasteiger partial charge in [0.2, 0.25) is 5.91 Å². The van der Waals surface area contributed by atoms with Crippen LogP contribution in [0, 0.1) is 11.2 Å². The highest BCUT2D eigenvalue weighted by molar-refractivity contribution is 7.80. The molecule has 0 heterocycles. The second-order valence-electron chi connectivity index (χ2n) is 4.69. The molecule has 0 radical (unpaired) electrons. The Morgan fingerprint density at radius 2 is 2.21 bits per heavy atom. The molecule has 0 aliphatic rings. The number of hydrogen-bond donors (Lipinski definition) is 2. The molecule has 5 heteroatoms. The Hall–Kier alpha value is -1.49. The molecule has 0 saturated heterocycles. The van der Waals surface area contributed by atoms with Gasteiger partial charge < -0.3 is 11.1 Å². The summed E-state index contributed by atoms with van der Waals surface area (Å²) in [6.07, 6.45) is 1.12. The SMILES string of the molecule is CCC(C)(C(=O)NCCc1cccc(F)c1)C(N)=S. The Kier molecular flexibility index (Phi) is 5.42. The Balaban J connectivity index is 2.53. The second-order valence-corrected chi connectivity index (χ2v) is 5.13. The zero-order chi connectivity index (χ0) is 14.5. The highest BCUT2D eigenvalue weighted by Gasteiger charge is 2.34. The number of halogens is 1. The molecule has 0 aliphatic carbocycles. The zero-order valence-electron chi connectivity index (χ0n) is 11.2. The van der Waals surface area contributed by atoms with Crippen LogP contribution in [0.4, 0.5) is 4.39 Å². The Bertz CT molecular complexity index is 478. The summed E-state index contributed by atoms with van der Waals surface area (Å²) in [5, 5.41) is 2.79. The van der Waals surface area contributed by atoms with Crippen LogP contribution in [0.3, 0.4) is 0 Å². The van der Waals surface area contributed by atoms with Crippen LogP contribution in [0.15, 0.2) is 24.3 Å². The summed E-state index contributed by atoms with van der Waals surface area (Å²) in [6, 6.07) is 6.32. The van der Waals surface area contributed by atoms with Crippen molar-refractivity contribution >= 4 is 23.1 Å². The minimum Gasteiger partial charge on any atom is -0.392 e. The lowest BCUT2D eigenvalue weighted by Gasteiger charge is -2.25. The van der Waals surface area contributed by atoms with E-state index in [9.17, 15) is 9.18 Å². The van der Waals surface area contributed by atoms with Crippen molar-refractivity contribution in [1.29, 1.82) is 0 Å². The third-order valence-corrected chi connectivity index (χ3v) is 3.79. The van der Waals surface area contributed by atoms with Gasteiger partial charge in [-0.25, -0.2) is 4.39 Å². The minimum absolute atomic E-state index is 0.182. The minimum atomic E-state index is -0.822. The lowest BCUT2D eigenvalue weighted by atomic mass is 9.86. The van der Waals surface area contributed by atoms with E-state index >= 15 is 0 Å². The molecule has 0 saturated carbocycles. The fourth-order valence-corrected chi connectivity index (χ4v) is 1.89. The maximum absolute atomic E-state index is 13.0. The van der Waals surface area contributed by atoms with Crippen LogP contribution in [0.25, 0.3) is 0 Å². The number of amides is 1. The number of carbonyl (C=O) groups excluding carboxylic acids is 1. The molecular weight excluding hydrogens is 263 g/mol. The van der Waals surface area contributed by atoms with E-state index in [4.69, 9.17) is 18.0 Å². The number of benzene rings is 1. The molecular formula is C14H19FN2OS. The smallest absolute Gasteiger partial charge is 0.232 e. The highest BCUT2D eigenvalue weighted by atomic mass is 32.1. The molecule has 1 aromatic rings. The van der Waals surface area contributed by atoms with Crippen molar-refractivity contribution in [1.82, 2.24) is 5.32 Å². The number of nitrogens with two attached hydrogens (primary N) is 1. The molecule has 0 fully saturated rings. The van der Waals surface area contributed by atoms with E-state index in [0.29, 0.717) is 19.4 Å². The standard InChI is InChI=1S/C14H19FN2OS/c1-3-14(2,12(16)19)13(18)17-8-7-10-5-4-6-11(15)9-10/h4-6,9H,3,7-8H2,1-2H3,(H2,16,19)(H,17,18). The molecule has 1 amide bonds. The maximum atomic E-state index is 13.0. The number of carbonyl (C=O) groups is 1. The second kappa shape index (κ2) is 6.61. The Morgan fingerprint density at radius 1 is 1.53 bits per heavy atom. The number of hydrogen-bond acceptors (Lipinski definition) is 2. The van der Waals surface area contributed by atoms with Gasteiger partial charge in [0.05, 0.1) is 10.4 Å². The van der Waals surface area contributed by atoms with E-state index in [1.54, 1.807) is 13.0 Å². The monoisotopic (exact) mass is 282 g/mol. The van der Waals surface area contributed by atoms with Crippen molar-refractivity contribution < 1.29 is 9.18 Å². The molecule has 19 heavy (non-hydrogen) atoms. The number of nitrogens with one attached hydrogen (secondary N) is 1. The average molecular weight is 282 g/mol. The van der Waals surface area contributed by atoms with E-state index in [2.05, 4.69) is 5.32 Å². The van der Waals surface area contributed by atoms with Crippen LogP contribution in [-0.4, -0.2) is 17.4 Å². The summed E-state index contributed by atoms with van der Waals surface area (Å²) in [7, 11) is 0. The first-order valence-corrected chi connectivity index (χ1v) is 6.63. The number of rotatable bonds is 6. The lowest BCUT2D eigenvalue weighted by molar-refractivity contribution is -0.126. The lowest BCUT2D eigenvalue weighted by Crippen LogP contribution is -2.47. The normalized spacial score (nSPS) is 13.6. The summed E-state index contributed by atoms with van der Waals surface area (Å²) in [4.78, 5) is 12.2. The molecule has 1 aromatic carbocycles. The van der Waals surface area contributed by atoms with Gasteiger partial charge in [-0.15, -0.1) is 0 Å². The predicted octanol–water partition coefficient (Wildman–Crippen LogP) is 2.19. The van der Waals surface area contributed by atoms with Gasteiger partial charge in [0.25, 0.3) is 0 Å². The molecule has 104 valence electrons. The molecule has 0 spiro atoms. The van der Waals surface area contributed by atoms with Gasteiger partial charge in [0.15, 0.2) is 0 Å². The summed E-state index contributed by atoms with van der Waals surface area (Å²) in [5.41, 5.74) is 5.63. The van der Waals surface area contributed by atoms with Gasteiger partial charge in [-0.3, -0.25) is 4.79 Å². The van der Waals surface area contributed by atoms with Crippen molar-refractivity contribution in [2.24, 2.45) is 11.1 Å². The van der Waals surface area contributed by atoms with Gasteiger partial charge in [0.1, 0.15) is 5.82 Å². The summed E-state index contributed by atoms with van der Waals surface area (Å²) >= 11 is 4.93. The molecule has 1 rings (SSSR count). The quantitative estimate of drug-likeness (QED) is 0.786. The molecule has 1 unspecified atom stereocenters. The van der Waals surface area contributed by atoms with Crippen LogP contribution in [0.2, 0.25) is 0 Å². The van der Waals surface area contributed by atoms with Crippen molar-refractivity contribution in [3.63, 3.8) is 0 Å². The van der Waals surface area contributed by atoms with E-state index in [1.165, 1.54) is 12.1 Å². The summed E-state index contributed by atoms with van der Waals surface area (Å²) in [5.74, 6) is -0.454. The third-order valence-electron chi connectivity index (χ3n) is 3.34. The average Bonchev–Trinajstić information content (AvgIpc) is 2.37. The molecule has 0 aromatic heterocycles. The Morgan fingerprint density at radius 3 is 2.74 bits per heavy atom. The first-order valence-electron chi connectivity index (χ1n) is 6.23. The molecule has 1 atom stereocenters. The van der Waals surface area contributed by atoms with Crippen molar-refractivity contribution in [2.45, 2.75) is 26.7 Å². The zero-order valence-corrected chi connectivity index (χ0v) is 12.0. The van der Waals surface area contributed by atoms with E-state index in [-0.39, 0.29) is 16.7 Å². The fraction of sp³-hybridized carbons (Fsp3) is 0.429. The van der Waals surface area contributed by atoms with Crippen molar-refractivity contribution in [3.8, 4) is 0 Å².